The number of hydrogen-bond donors (Lipinski definition) is 1. The SMILES string of the molecule is COc1ccc(C(=O)NN=Cc2ccc(N3CCCCC3)s2)cc1OC. The van der Waals surface area contributed by atoms with Crippen LogP contribution in [0.15, 0.2) is 35.4 Å². The van der Waals surface area contributed by atoms with Crippen molar-refractivity contribution in [3.8, 4) is 11.5 Å². The molecule has 26 heavy (non-hydrogen) atoms. The number of hydrogen-bond acceptors (Lipinski definition) is 6. The molecular formula is C19H23N3O3S. The number of carbonyl (C=O) groups is 1. The van der Waals surface area contributed by atoms with E-state index in [4.69, 9.17) is 9.47 Å². The van der Waals surface area contributed by atoms with Gasteiger partial charge in [0, 0.05) is 23.5 Å². The Balaban J connectivity index is 1.60. The third kappa shape index (κ3) is 4.35. The van der Waals surface area contributed by atoms with Crippen LogP contribution in [0.25, 0.3) is 0 Å². The first-order valence-corrected chi connectivity index (χ1v) is 9.43. The molecule has 1 aliphatic heterocycles. The van der Waals surface area contributed by atoms with E-state index in [1.807, 2.05) is 6.07 Å². The molecule has 1 N–H and O–H groups in total. The molecule has 1 aromatic carbocycles. The van der Waals surface area contributed by atoms with Gasteiger partial charge in [-0.2, -0.15) is 5.10 Å². The molecule has 1 amide bonds. The summed E-state index contributed by atoms with van der Waals surface area (Å²) in [5.41, 5.74) is 3.01. The zero-order chi connectivity index (χ0) is 18.4. The Morgan fingerprint density at radius 3 is 2.62 bits per heavy atom. The molecule has 0 aliphatic carbocycles. The Bertz CT molecular complexity index is 782. The van der Waals surface area contributed by atoms with Gasteiger partial charge in [-0.15, -0.1) is 11.3 Å². The van der Waals surface area contributed by atoms with E-state index in [1.54, 1.807) is 42.9 Å². The van der Waals surface area contributed by atoms with E-state index in [0.29, 0.717) is 17.1 Å². The maximum absolute atomic E-state index is 12.2. The molecule has 1 saturated heterocycles. The summed E-state index contributed by atoms with van der Waals surface area (Å²) >= 11 is 1.69. The van der Waals surface area contributed by atoms with Crippen LogP contribution in [0, 0.1) is 0 Å². The molecule has 1 fully saturated rings. The van der Waals surface area contributed by atoms with Gasteiger partial charge in [0.15, 0.2) is 11.5 Å². The zero-order valence-electron chi connectivity index (χ0n) is 15.0. The number of anilines is 1. The number of thiophene rings is 1. The van der Waals surface area contributed by atoms with Gasteiger partial charge in [0.05, 0.1) is 25.4 Å². The molecule has 1 aromatic heterocycles. The zero-order valence-corrected chi connectivity index (χ0v) is 15.8. The van der Waals surface area contributed by atoms with Crippen LogP contribution >= 0.6 is 11.3 Å². The summed E-state index contributed by atoms with van der Waals surface area (Å²) in [7, 11) is 3.09. The molecule has 6 nitrogen and oxygen atoms in total. The fourth-order valence-corrected chi connectivity index (χ4v) is 3.82. The Morgan fingerprint density at radius 1 is 1.12 bits per heavy atom. The van der Waals surface area contributed by atoms with Crippen molar-refractivity contribution in [2.75, 3.05) is 32.2 Å². The van der Waals surface area contributed by atoms with Crippen molar-refractivity contribution in [3.63, 3.8) is 0 Å². The first-order chi connectivity index (χ1) is 12.7. The largest absolute Gasteiger partial charge is 0.493 e. The first-order valence-electron chi connectivity index (χ1n) is 8.61. The molecule has 1 aliphatic rings. The third-order valence-electron chi connectivity index (χ3n) is 4.28. The van der Waals surface area contributed by atoms with Crippen molar-refractivity contribution in [1.82, 2.24) is 5.43 Å². The fourth-order valence-electron chi connectivity index (χ4n) is 2.89. The summed E-state index contributed by atoms with van der Waals surface area (Å²) in [4.78, 5) is 15.7. The third-order valence-corrected chi connectivity index (χ3v) is 5.36. The van der Waals surface area contributed by atoms with Gasteiger partial charge >= 0.3 is 0 Å². The van der Waals surface area contributed by atoms with E-state index in [-0.39, 0.29) is 5.91 Å². The van der Waals surface area contributed by atoms with E-state index in [1.165, 1.54) is 31.4 Å². The summed E-state index contributed by atoms with van der Waals surface area (Å²) < 4.78 is 10.4. The van der Waals surface area contributed by atoms with Crippen molar-refractivity contribution in [3.05, 3.63) is 40.8 Å². The van der Waals surface area contributed by atoms with E-state index < -0.39 is 0 Å². The second-order valence-corrected chi connectivity index (χ2v) is 7.09. The predicted molar refractivity (Wildman–Crippen MR) is 105 cm³/mol. The van der Waals surface area contributed by atoms with Crippen LogP contribution in [0.5, 0.6) is 11.5 Å². The summed E-state index contributed by atoms with van der Waals surface area (Å²) in [6.45, 7) is 2.24. The Labute approximate surface area is 157 Å². The molecule has 0 bridgehead atoms. The molecule has 0 spiro atoms. The Morgan fingerprint density at radius 2 is 1.88 bits per heavy atom. The molecule has 2 heterocycles. The summed E-state index contributed by atoms with van der Waals surface area (Å²) in [5.74, 6) is 0.792. The minimum Gasteiger partial charge on any atom is -0.493 e. The number of ether oxygens (including phenoxy) is 2. The minimum atomic E-state index is -0.296. The highest BCUT2D eigenvalue weighted by Crippen LogP contribution is 2.28. The molecule has 0 saturated carbocycles. The minimum absolute atomic E-state index is 0.296. The van der Waals surface area contributed by atoms with Gasteiger partial charge in [-0.05, 0) is 49.6 Å². The van der Waals surface area contributed by atoms with Gasteiger partial charge in [-0.25, -0.2) is 5.43 Å². The van der Waals surface area contributed by atoms with Crippen LogP contribution < -0.4 is 19.8 Å². The van der Waals surface area contributed by atoms with E-state index in [9.17, 15) is 4.79 Å². The lowest BCUT2D eigenvalue weighted by atomic mass is 10.1. The van der Waals surface area contributed by atoms with Crippen molar-refractivity contribution in [2.45, 2.75) is 19.3 Å². The highest BCUT2D eigenvalue weighted by atomic mass is 32.1. The number of hydrazone groups is 1. The van der Waals surface area contributed by atoms with E-state index in [2.05, 4.69) is 21.5 Å². The quantitative estimate of drug-likeness (QED) is 0.622. The number of nitrogens with one attached hydrogen (secondary N) is 1. The maximum Gasteiger partial charge on any atom is 0.271 e. The number of nitrogens with zero attached hydrogens (tertiary/aromatic N) is 2. The van der Waals surface area contributed by atoms with Crippen LogP contribution in [-0.4, -0.2) is 39.4 Å². The average molecular weight is 373 g/mol. The lowest BCUT2D eigenvalue weighted by Crippen LogP contribution is -2.28. The van der Waals surface area contributed by atoms with Crippen LogP contribution in [0.3, 0.4) is 0 Å². The highest BCUT2D eigenvalue weighted by molar-refractivity contribution is 7.17. The van der Waals surface area contributed by atoms with Gasteiger partial charge < -0.3 is 14.4 Å². The average Bonchev–Trinajstić information content (AvgIpc) is 3.17. The molecule has 3 rings (SSSR count). The van der Waals surface area contributed by atoms with Crippen LogP contribution in [0.1, 0.15) is 34.5 Å². The molecule has 0 atom stereocenters. The summed E-state index contributed by atoms with van der Waals surface area (Å²) in [6, 6.07) is 9.14. The normalized spacial score (nSPS) is 14.5. The number of rotatable bonds is 6. The molecular weight excluding hydrogens is 350 g/mol. The maximum atomic E-state index is 12.2. The smallest absolute Gasteiger partial charge is 0.271 e. The van der Waals surface area contributed by atoms with Gasteiger partial charge in [-0.1, -0.05) is 0 Å². The number of benzene rings is 1. The van der Waals surface area contributed by atoms with E-state index >= 15 is 0 Å². The highest BCUT2D eigenvalue weighted by Gasteiger charge is 2.13. The van der Waals surface area contributed by atoms with Crippen molar-refractivity contribution in [1.29, 1.82) is 0 Å². The van der Waals surface area contributed by atoms with Gasteiger partial charge in [0.1, 0.15) is 0 Å². The first kappa shape index (κ1) is 18.3. The fraction of sp³-hybridized carbons (Fsp3) is 0.368. The second-order valence-electron chi connectivity index (χ2n) is 5.99. The topological polar surface area (TPSA) is 63.2 Å². The van der Waals surface area contributed by atoms with Crippen LogP contribution in [0.2, 0.25) is 0 Å². The summed E-state index contributed by atoms with van der Waals surface area (Å²) in [6.07, 6.45) is 5.50. The monoisotopic (exact) mass is 373 g/mol. The predicted octanol–water partition coefficient (Wildman–Crippen LogP) is 3.52. The second kappa shape index (κ2) is 8.71. The van der Waals surface area contributed by atoms with Crippen LogP contribution in [-0.2, 0) is 0 Å². The van der Waals surface area contributed by atoms with Crippen molar-refractivity contribution < 1.29 is 14.3 Å². The van der Waals surface area contributed by atoms with E-state index in [0.717, 1.165) is 18.0 Å². The number of carbonyl (C=O) groups excluding carboxylic acids is 1. The standard InChI is InChI=1S/C19H23N3O3S/c1-24-16-8-6-14(12-17(16)25-2)19(23)21-20-13-15-7-9-18(26-15)22-10-4-3-5-11-22/h6-9,12-13H,3-5,10-11H2,1-2H3,(H,21,23). The number of methoxy groups -OCH3 is 2. The van der Waals surface area contributed by atoms with Crippen molar-refractivity contribution in [2.24, 2.45) is 5.10 Å². The Kier molecular flexibility index (Phi) is 6.12. The molecule has 0 radical (unpaired) electrons. The van der Waals surface area contributed by atoms with Gasteiger partial charge in [-0.3, -0.25) is 4.79 Å². The molecule has 138 valence electrons. The lowest BCUT2D eigenvalue weighted by molar-refractivity contribution is 0.0954. The number of piperidine rings is 1. The lowest BCUT2D eigenvalue weighted by Gasteiger charge is -2.27. The van der Waals surface area contributed by atoms with Crippen LogP contribution in [0.4, 0.5) is 5.00 Å². The molecule has 7 heteroatoms. The van der Waals surface area contributed by atoms with Gasteiger partial charge in [0.2, 0.25) is 0 Å². The number of amides is 1. The summed E-state index contributed by atoms with van der Waals surface area (Å²) in [5, 5.41) is 5.33. The van der Waals surface area contributed by atoms with Crippen molar-refractivity contribution >= 4 is 28.5 Å². The molecule has 2 aromatic rings. The Hall–Kier alpha value is -2.54. The van der Waals surface area contributed by atoms with Gasteiger partial charge in [0.25, 0.3) is 5.91 Å². The molecule has 0 unspecified atom stereocenters.